The van der Waals surface area contributed by atoms with E-state index in [0.29, 0.717) is 18.7 Å². The van der Waals surface area contributed by atoms with Gasteiger partial charge in [-0.15, -0.1) is 12.4 Å². The number of hydroxylamine groups is 1. The van der Waals surface area contributed by atoms with Crippen LogP contribution in [0.5, 0.6) is 0 Å². The van der Waals surface area contributed by atoms with Crippen molar-refractivity contribution in [1.82, 2.24) is 25.9 Å². The van der Waals surface area contributed by atoms with Crippen molar-refractivity contribution in [3.8, 4) is 0 Å². The molecule has 2 aromatic rings. The number of amides is 3. The summed E-state index contributed by atoms with van der Waals surface area (Å²) in [4.78, 5) is 45.9. The maximum Gasteiger partial charge on any atom is 0.247 e. The van der Waals surface area contributed by atoms with Crippen LogP contribution in [0.2, 0.25) is 0 Å². The summed E-state index contributed by atoms with van der Waals surface area (Å²) >= 11 is 0. The molecule has 1 aromatic carbocycles. The summed E-state index contributed by atoms with van der Waals surface area (Å²) < 4.78 is 0. The van der Waals surface area contributed by atoms with Crippen molar-refractivity contribution in [2.75, 3.05) is 6.54 Å². The largest absolute Gasteiger partial charge is 0.348 e. The molecule has 2 atom stereocenters. The number of allylic oxidation sites excluding steroid dienone is 1. The highest BCUT2D eigenvalue weighted by molar-refractivity contribution is 5.89. The number of carbonyl (C=O) groups is 3. The molecule has 0 bridgehead atoms. The van der Waals surface area contributed by atoms with Gasteiger partial charge in [0.2, 0.25) is 17.7 Å². The molecule has 0 saturated heterocycles. The predicted octanol–water partition coefficient (Wildman–Crippen LogP) is 3.78. The Morgan fingerprint density at radius 3 is 2.31 bits per heavy atom. The van der Waals surface area contributed by atoms with E-state index in [4.69, 9.17) is 0 Å². The molecule has 36 heavy (non-hydrogen) atoms. The molecule has 0 unspecified atom stereocenters. The number of hydrogen-bond donors (Lipinski definition) is 4. The van der Waals surface area contributed by atoms with Crippen LogP contribution in [0.1, 0.15) is 51.8 Å². The predicted molar refractivity (Wildman–Crippen MR) is 141 cm³/mol. The Bertz CT molecular complexity index is 964. The molecule has 4 N–H and O–H groups in total. The molecule has 1 aromatic heterocycles. The van der Waals surface area contributed by atoms with E-state index in [1.54, 1.807) is 11.7 Å². The van der Waals surface area contributed by atoms with Crippen molar-refractivity contribution in [3.05, 3.63) is 60.2 Å². The summed E-state index contributed by atoms with van der Waals surface area (Å²) in [5.41, 5.74) is 6.08. The van der Waals surface area contributed by atoms with E-state index in [0.717, 1.165) is 5.56 Å². The zero-order valence-electron chi connectivity index (χ0n) is 21.3. The van der Waals surface area contributed by atoms with E-state index in [-0.39, 0.29) is 43.0 Å². The van der Waals surface area contributed by atoms with Gasteiger partial charge in [-0.25, -0.2) is 10.5 Å². The molecule has 198 valence electrons. The van der Waals surface area contributed by atoms with Gasteiger partial charge in [0.25, 0.3) is 0 Å². The smallest absolute Gasteiger partial charge is 0.247 e. The van der Waals surface area contributed by atoms with Crippen LogP contribution in [0.4, 0.5) is 0 Å². The Morgan fingerprint density at radius 2 is 1.75 bits per heavy atom. The molecular weight excluding hydrogens is 482 g/mol. The van der Waals surface area contributed by atoms with Gasteiger partial charge in [0.15, 0.2) is 0 Å². The molecule has 0 radical (unpaired) electrons. The van der Waals surface area contributed by atoms with Crippen LogP contribution in [-0.2, 0) is 20.8 Å². The number of imidazole rings is 1. The normalized spacial score (nSPS) is 12.8. The number of carbonyl (C=O) groups excluding carboxylic acids is 3. The first-order chi connectivity index (χ1) is 16.7. The fraction of sp³-hybridized carbons (Fsp3) is 0.462. The van der Waals surface area contributed by atoms with E-state index < -0.39 is 23.7 Å². The van der Waals surface area contributed by atoms with Gasteiger partial charge in [-0.2, -0.15) is 0 Å². The molecule has 0 aliphatic heterocycles. The molecule has 1 heterocycles. The second kappa shape index (κ2) is 15.7. The van der Waals surface area contributed by atoms with E-state index in [9.17, 15) is 19.6 Å². The summed E-state index contributed by atoms with van der Waals surface area (Å²) in [6.07, 6.45) is 7.48. The lowest BCUT2D eigenvalue weighted by molar-refractivity contribution is -0.147. The summed E-state index contributed by atoms with van der Waals surface area (Å²) in [6.45, 7) is 8.14. The molecule has 0 saturated carbocycles. The van der Waals surface area contributed by atoms with Crippen molar-refractivity contribution < 1.29 is 19.6 Å². The highest BCUT2D eigenvalue weighted by atomic mass is 35.5. The Hall–Kier alpha value is -3.17. The van der Waals surface area contributed by atoms with Crippen LogP contribution in [0.25, 0.3) is 6.08 Å². The van der Waals surface area contributed by atoms with Gasteiger partial charge in [0, 0.05) is 18.4 Å². The van der Waals surface area contributed by atoms with E-state index in [2.05, 4.69) is 15.4 Å². The molecular formula is C26H38ClN5O4. The minimum Gasteiger partial charge on any atom is -0.348 e. The topological polar surface area (TPSA) is 127 Å². The zero-order chi connectivity index (χ0) is 25.8. The molecule has 9 nitrogen and oxygen atoms in total. The third kappa shape index (κ3) is 10.2. The van der Waals surface area contributed by atoms with Crippen LogP contribution in [0.15, 0.2) is 48.9 Å². The highest BCUT2D eigenvalue weighted by Crippen LogP contribution is 2.25. The fourth-order valence-corrected chi connectivity index (χ4v) is 3.84. The second-order valence-electron chi connectivity index (χ2n) is 9.50. The maximum atomic E-state index is 13.5. The van der Waals surface area contributed by atoms with Crippen molar-refractivity contribution in [1.29, 1.82) is 0 Å². The molecule has 0 fully saturated rings. The summed E-state index contributed by atoms with van der Waals surface area (Å²) in [7, 11) is 0. The van der Waals surface area contributed by atoms with Crippen molar-refractivity contribution in [2.24, 2.45) is 23.7 Å². The van der Waals surface area contributed by atoms with Crippen molar-refractivity contribution in [2.45, 2.75) is 47.0 Å². The third-order valence-corrected chi connectivity index (χ3v) is 5.49. The SMILES string of the molecule is CC(C)C[C@@H](C(=O)NN(CC(C)C)C(=O)Cc1cnc[nH]1)[C@H](CC=Cc1ccccc1)C(=O)NO.Cl. The van der Waals surface area contributed by atoms with E-state index in [1.807, 2.05) is 70.2 Å². The number of nitrogens with one attached hydrogen (secondary N) is 3. The first kappa shape index (κ1) is 30.9. The van der Waals surface area contributed by atoms with Crippen LogP contribution in [-0.4, -0.2) is 44.5 Å². The van der Waals surface area contributed by atoms with E-state index >= 15 is 0 Å². The molecule has 0 aliphatic carbocycles. The quantitative estimate of drug-likeness (QED) is 0.251. The number of aromatic nitrogens is 2. The third-order valence-electron chi connectivity index (χ3n) is 5.49. The lowest BCUT2D eigenvalue weighted by Crippen LogP contribution is -2.52. The van der Waals surface area contributed by atoms with Crippen LogP contribution < -0.4 is 10.9 Å². The number of aromatic amines is 1. The van der Waals surface area contributed by atoms with Gasteiger partial charge in [-0.1, -0.05) is 70.2 Å². The number of rotatable bonds is 12. The molecule has 0 aliphatic rings. The number of halogens is 1. The van der Waals surface area contributed by atoms with Gasteiger partial charge >= 0.3 is 0 Å². The zero-order valence-corrected chi connectivity index (χ0v) is 22.1. The first-order valence-electron chi connectivity index (χ1n) is 11.9. The number of H-pyrrole nitrogens is 1. The lowest BCUT2D eigenvalue weighted by atomic mass is 9.82. The molecule has 2 rings (SSSR count). The van der Waals surface area contributed by atoms with E-state index in [1.165, 1.54) is 11.3 Å². The standard InChI is InChI=1S/C26H37N5O4.ClH/c1-18(2)13-23(22(26(34)30-35)12-8-11-20-9-6-5-7-10-20)25(33)29-31(16-19(3)4)24(32)14-21-15-27-17-28-21;/h5-11,15,17-19,22-23,35H,12-14,16H2,1-4H3,(H,27,28)(H,29,33)(H,30,34);1H/t22-,23+;/m0./s1. The van der Waals surface area contributed by atoms with Crippen molar-refractivity contribution >= 4 is 36.2 Å². The van der Waals surface area contributed by atoms with Crippen LogP contribution in [0.3, 0.4) is 0 Å². The van der Waals surface area contributed by atoms with Crippen LogP contribution in [0, 0.1) is 23.7 Å². The number of benzene rings is 1. The van der Waals surface area contributed by atoms with Gasteiger partial charge in [-0.3, -0.25) is 30.0 Å². The Labute approximate surface area is 219 Å². The average Bonchev–Trinajstić information content (AvgIpc) is 3.33. The molecule has 10 heteroatoms. The Balaban J connectivity index is 0.00000648. The van der Waals surface area contributed by atoms with Gasteiger partial charge in [-0.05, 0) is 30.2 Å². The number of hydrogen-bond acceptors (Lipinski definition) is 5. The lowest BCUT2D eigenvalue weighted by Gasteiger charge is -2.30. The monoisotopic (exact) mass is 519 g/mol. The molecule has 3 amide bonds. The average molecular weight is 520 g/mol. The molecule has 0 spiro atoms. The minimum atomic E-state index is -0.814. The van der Waals surface area contributed by atoms with Crippen LogP contribution >= 0.6 is 12.4 Å². The summed E-state index contributed by atoms with van der Waals surface area (Å²) in [5, 5.41) is 10.7. The van der Waals surface area contributed by atoms with Gasteiger partial charge in [0.1, 0.15) is 0 Å². The summed E-state index contributed by atoms with van der Waals surface area (Å²) in [6, 6.07) is 9.61. The number of nitrogens with zero attached hydrogens (tertiary/aromatic N) is 2. The fourth-order valence-electron chi connectivity index (χ4n) is 3.84. The number of hydrazine groups is 1. The second-order valence-corrected chi connectivity index (χ2v) is 9.50. The van der Waals surface area contributed by atoms with Gasteiger partial charge < -0.3 is 4.98 Å². The van der Waals surface area contributed by atoms with Crippen molar-refractivity contribution in [3.63, 3.8) is 0 Å². The first-order valence-corrected chi connectivity index (χ1v) is 11.9. The maximum absolute atomic E-state index is 13.5. The highest BCUT2D eigenvalue weighted by Gasteiger charge is 2.35. The van der Waals surface area contributed by atoms with Gasteiger partial charge in [0.05, 0.1) is 24.6 Å². The summed E-state index contributed by atoms with van der Waals surface area (Å²) in [5.74, 6) is -2.70. The Morgan fingerprint density at radius 1 is 1.06 bits per heavy atom. The Kier molecular flexibility index (Phi) is 13.5. The minimum absolute atomic E-state index is 0.